The summed E-state index contributed by atoms with van der Waals surface area (Å²) in [6, 6.07) is 4.01. The van der Waals surface area contributed by atoms with E-state index in [0.29, 0.717) is 11.7 Å². The molecule has 4 aromatic heterocycles. The lowest BCUT2D eigenvalue weighted by Crippen LogP contribution is -2.36. The van der Waals surface area contributed by atoms with Crippen molar-refractivity contribution in [1.29, 1.82) is 0 Å². The third-order valence-electron chi connectivity index (χ3n) is 5.03. The Bertz CT molecular complexity index is 1590. The number of methoxy groups -OCH3 is 1. The van der Waals surface area contributed by atoms with E-state index in [1.165, 1.54) is 11.3 Å². The Morgan fingerprint density at radius 3 is 2.94 bits per heavy atom. The molecular formula is C20H16ClN3O4S4. The quantitative estimate of drug-likeness (QED) is 0.223. The molecule has 7 nitrogen and oxygen atoms in total. The fraction of sp³-hybridized carbons (Fsp3) is 0.200. The van der Waals surface area contributed by atoms with Crippen LogP contribution >= 0.6 is 45.6 Å². The van der Waals surface area contributed by atoms with Crippen LogP contribution in [0.2, 0.25) is 5.15 Å². The molecule has 0 aliphatic heterocycles. The number of hydrogen-bond donors (Lipinski definition) is 0. The number of benzene rings is 1. The van der Waals surface area contributed by atoms with E-state index in [2.05, 4.69) is 9.55 Å². The van der Waals surface area contributed by atoms with Gasteiger partial charge < -0.3 is 9.29 Å². The first-order valence-electron chi connectivity index (χ1n) is 9.49. The number of hydrogen-bond acceptors (Lipinski definition) is 8. The van der Waals surface area contributed by atoms with Crippen molar-refractivity contribution in [1.82, 2.24) is 9.38 Å². The molecule has 0 bridgehead atoms. The molecule has 0 spiro atoms. The monoisotopic (exact) mass is 525 g/mol. The molecule has 0 atom stereocenters. The molecule has 4 heterocycles. The van der Waals surface area contributed by atoms with Crippen LogP contribution in [0.3, 0.4) is 0 Å². The van der Waals surface area contributed by atoms with Gasteiger partial charge in [-0.25, -0.2) is 13.4 Å². The minimum atomic E-state index is -4.28. The van der Waals surface area contributed by atoms with Gasteiger partial charge in [0, 0.05) is 41.3 Å². The van der Waals surface area contributed by atoms with Gasteiger partial charge in [0.2, 0.25) is 5.52 Å². The zero-order valence-electron chi connectivity index (χ0n) is 16.6. The molecule has 1 aromatic carbocycles. The molecule has 0 amide bonds. The maximum Gasteiger partial charge on any atom is 0.262 e. The summed E-state index contributed by atoms with van der Waals surface area (Å²) in [5, 5.41) is 6.28. The number of imidazole rings is 1. The van der Waals surface area contributed by atoms with Crippen molar-refractivity contribution < 1.29 is 22.3 Å². The van der Waals surface area contributed by atoms with E-state index in [4.69, 9.17) is 16.3 Å². The van der Waals surface area contributed by atoms with Crippen molar-refractivity contribution in [2.75, 3.05) is 12.9 Å². The van der Waals surface area contributed by atoms with Gasteiger partial charge in [0.1, 0.15) is 15.1 Å². The normalized spacial score (nSPS) is 12.7. The second-order valence-electron chi connectivity index (χ2n) is 6.97. The number of ether oxygens (including phenoxy) is 1. The van der Waals surface area contributed by atoms with Crippen molar-refractivity contribution in [3.8, 4) is 5.75 Å². The Balaban J connectivity index is 1.65. The van der Waals surface area contributed by atoms with Crippen molar-refractivity contribution in [2.45, 2.75) is 13.0 Å². The number of aromatic nitrogens is 3. The Morgan fingerprint density at radius 2 is 2.16 bits per heavy atom. The highest BCUT2D eigenvalue weighted by Crippen LogP contribution is 2.38. The summed E-state index contributed by atoms with van der Waals surface area (Å²) in [5.74, 6) is 0.382. The summed E-state index contributed by atoms with van der Waals surface area (Å²) in [4.78, 5) is 5.17. The number of halogens is 1. The summed E-state index contributed by atoms with van der Waals surface area (Å²) in [7, 11) is -2.63. The molecule has 0 radical (unpaired) electrons. The number of nitrogens with zero attached hydrogens (tertiary/aromatic N) is 3. The van der Waals surface area contributed by atoms with Crippen molar-refractivity contribution in [3.63, 3.8) is 0 Å². The highest BCUT2D eigenvalue weighted by Gasteiger charge is 2.24. The molecule has 0 fully saturated rings. The smallest absolute Gasteiger partial charge is 0.262 e. The number of thiazole rings is 2. The Morgan fingerprint density at radius 1 is 1.31 bits per heavy atom. The van der Waals surface area contributed by atoms with Crippen LogP contribution in [-0.2, 0) is 16.7 Å². The van der Waals surface area contributed by atoms with E-state index < -0.39 is 15.9 Å². The van der Waals surface area contributed by atoms with Crippen LogP contribution in [0.25, 0.3) is 37.4 Å². The Kier molecular flexibility index (Phi) is 5.72. The molecule has 5 aromatic rings. The van der Waals surface area contributed by atoms with Crippen LogP contribution in [0.4, 0.5) is 0 Å². The van der Waals surface area contributed by atoms with E-state index in [-0.39, 0.29) is 6.42 Å². The van der Waals surface area contributed by atoms with Gasteiger partial charge in [-0.2, -0.15) is 4.57 Å². The standard InChI is InChI=1S/C20H16ClN3O4S4/c1-28-14-11-15-17(18-12(14)5-8-29-18)24(6-2-10-32(25,26)27)16(31-15)4-3-13-19(21)22-20-23(13)7-9-30-20/h3-5,7-9,11H,2,6,10H2,1H3. The first-order valence-corrected chi connectivity index (χ1v) is 14.0. The van der Waals surface area contributed by atoms with Gasteiger partial charge in [0.15, 0.2) is 16.7 Å². The Labute approximate surface area is 200 Å². The average molecular weight is 526 g/mol. The van der Waals surface area contributed by atoms with Crippen molar-refractivity contribution in [3.05, 3.63) is 44.9 Å². The molecule has 166 valence electrons. The van der Waals surface area contributed by atoms with Crippen molar-refractivity contribution >= 4 is 93.1 Å². The second kappa shape index (κ2) is 8.40. The van der Waals surface area contributed by atoms with Gasteiger partial charge in [-0.3, -0.25) is 4.40 Å². The number of thiophene rings is 1. The zero-order chi connectivity index (χ0) is 22.5. The number of aryl methyl sites for hydroxylation is 1. The summed E-state index contributed by atoms with van der Waals surface area (Å²) >= 11 is 11.0. The molecular weight excluding hydrogens is 510 g/mol. The summed E-state index contributed by atoms with van der Waals surface area (Å²) in [5.41, 5.74) is 1.77. The third kappa shape index (κ3) is 3.93. The van der Waals surface area contributed by atoms with E-state index in [0.717, 1.165) is 41.7 Å². The predicted molar refractivity (Wildman–Crippen MR) is 130 cm³/mol. The lowest BCUT2D eigenvalue weighted by molar-refractivity contribution is -0.667. The van der Waals surface area contributed by atoms with E-state index in [1.807, 2.05) is 45.6 Å². The van der Waals surface area contributed by atoms with Gasteiger partial charge >= 0.3 is 0 Å². The molecule has 0 unspecified atom stereocenters. The first kappa shape index (κ1) is 21.8. The lowest BCUT2D eigenvalue weighted by Gasteiger charge is -2.05. The highest BCUT2D eigenvalue weighted by molar-refractivity contribution is 7.85. The number of fused-ring (bicyclic) bond motifs is 4. The van der Waals surface area contributed by atoms with Gasteiger partial charge in [-0.05, 0) is 17.5 Å². The maximum atomic E-state index is 11.2. The molecule has 0 aliphatic carbocycles. The van der Waals surface area contributed by atoms with Crippen LogP contribution in [-0.4, -0.2) is 35.2 Å². The van der Waals surface area contributed by atoms with Crippen LogP contribution in [0.1, 0.15) is 17.1 Å². The molecule has 0 saturated heterocycles. The van der Waals surface area contributed by atoms with Gasteiger partial charge in [0.25, 0.3) is 5.01 Å². The summed E-state index contributed by atoms with van der Waals surface area (Å²) in [6.07, 6.45) is 6.00. The molecule has 32 heavy (non-hydrogen) atoms. The minimum absolute atomic E-state index is 0.226. The first-order chi connectivity index (χ1) is 15.4. The second-order valence-corrected chi connectivity index (χ2v) is 11.7. The van der Waals surface area contributed by atoms with E-state index in [9.17, 15) is 13.0 Å². The molecule has 0 saturated carbocycles. The van der Waals surface area contributed by atoms with Crippen LogP contribution < -0.4 is 9.30 Å². The summed E-state index contributed by atoms with van der Waals surface area (Å²) < 4.78 is 45.1. The third-order valence-corrected chi connectivity index (χ3v) is 8.87. The molecule has 12 heteroatoms. The average Bonchev–Trinajstić information content (AvgIpc) is 3.48. The predicted octanol–water partition coefficient (Wildman–Crippen LogP) is 4.88. The van der Waals surface area contributed by atoms with Crippen LogP contribution in [0.5, 0.6) is 5.75 Å². The van der Waals surface area contributed by atoms with Gasteiger partial charge in [0.05, 0.1) is 22.9 Å². The zero-order valence-corrected chi connectivity index (χ0v) is 20.7. The maximum absolute atomic E-state index is 11.2. The fourth-order valence-corrected chi connectivity index (χ4v) is 7.31. The molecule has 0 N–H and O–H groups in total. The molecule has 5 rings (SSSR count). The Hall–Kier alpha value is -2.02. The highest BCUT2D eigenvalue weighted by atomic mass is 35.5. The largest absolute Gasteiger partial charge is 0.748 e. The van der Waals surface area contributed by atoms with E-state index in [1.54, 1.807) is 29.8 Å². The van der Waals surface area contributed by atoms with Crippen LogP contribution in [0.15, 0.2) is 29.1 Å². The SMILES string of the molecule is COc1cc2sc(/C=C/c3c(Cl)nc4sccn34)[n+](CCCS(=O)(=O)[O-])c2c2sccc12. The van der Waals surface area contributed by atoms with Crippen molar-refractivity contribution in [2.24, 2.45) is 0 Å². The summed E-state index contributed by atoms with van der Waals surface area (Å²) in [6.45, 7) is 0.397. The van der Waals surface area contributed by atoms with E-state index >= 15 is 0 Å². The van der Waals surface area contributed by atoms with Gasteiger partial charge in [-0.15, -0.1) is 22.7 Å². The molecule has 0 aliphatic rings. The van der Waals surface area contributed by atoms with Crippen LogP contribution in [0, 0.1) is 0 Å². The minimum Gasteiger partial charge on any atom is -0.748 e. The number of rotatable bonds is 7. The lowest BCUT2D eigenvalue weighted by atomic mass is 10.2. The fourth-order valence-electron chi connectivity index (χ4n) is 3.67. The van der Waals surface area contributed by atoms with Gasteiger partial charge in [-0.1, -0.05) is 22.9 Å². The topological polar surface area (TPSA) is 87.6 Å².